The summed E-state index contributed by atoms with van der Waals surface area (Å²) in [6.07, 6.45) is 3.07. The molecule has 0 radical (unpaired) electrons. The Morgan fingerprint density at radius 3 is 1.73 bits per heavy atom. The summed E-state index contributed by atoms with van der Waals surface area (Å²) in [5, 5.41) is 0.512. The second-order valence-electron chi connectivity index (χ2n) is 1.93. The Morgan fingerprint density at radius 2 is 1.45 bits per heavy atom. The van der Waals surface area contributed by atoms with Crippen LogP contribution < -0.4 is 5.30 Å². The Kier molecular flexibility index (Phi) is 2.59. The molecule has 0 aliphatic rings. The first-order chi connectivity index (χ1) is 4.86. The molecule has 0 saturated heterocycles. The Labute approximate surface area is 83.7 Å². The zero-order valence-electron chi connectivity index (χ0n) is 5.22. The SMILES string of the molecule is ClP(Cl)(Cl)(Cl)c1ccncc1. The van der Waals surface area contributed by atoms with Gasteiger partial charge in [-0.25, -0.2) is 0 Å². The quantitative estimate of drug-likeness (QED) is 0.690. The van der Waals surface area contributed by atoms with Gasteiger partial charge in [-0.15, -0.1) is 0 Å². The number of halogens is 4. The molecule has 0 N–H and O–H groups in total. The van der Waals surface area contributed by atoms with Crippen molar-refractivity contribution in [1.29, 1.82) is 0 Å². The molecule has 0 amide bonds. The van der Waals surface area contributed by atoms with Crippen molar-refractivity contribution in [3.05, 3.63) is 24.5 Å². The van der Waals surface area contributed by atoms with Crippen molar-refractivity contribution >= 4 is 54.3 Å². The fraction of sp³-hybridized carbons (Fsp3) is 0. The van der Waals surface area contributed by atoms with Crippen molar-refractivity contribution in [1.82, 2.24) is 4.98 Å². The first-order valence-corrected chi connectivity index (χ1v) is 8.52. The first kappa shape index (κ1) is 9.83. The number of hydrogen-bond donors (Lipinski definition) is 0. The fourth-order valence-corrected chi connectivity index (χ4v) is 2.51. The third-order valence-electron chi connectivity index (χ3n) is 1.05. The van der Waals surface area contributed by atoms with Gasteiger partial charge in [0.25, 0.3) is 0 Å². The molecule has 0 unspecified atom stereocenters. The second-order valence-corrected chi connectivity index (χ2v) is 15.1. The van der Waals surface area contributed by atoms with E-state index in [0.29, 0.717) is 5.30 Å². The molecule has 1 aromatic rings. The molecule has 0 atom stereocenters. The van der Waals surface area contributed by atoms with Crippen LogP contribution in [0.5, 0.6) is 0 Å². The predicted molar refractivity (Wildman–Crippen MR) is 54.2 cm³/mol. The van der Waals surface area contributed by atoms with Gasteiger partial charge in [0.15, 0.2) is 0 Å². The molecule has 0 spiro atoms. The van der Waals surface area contributed by atoms with Gasteiger partial charge in [-0.05, 0) is 0 Å². The summed E-state index contributed by atoms with van der Waals surface area (Å²) in [4.78, 5) is 3.78. The summed E-state index contributed by atoms with van der Waals surface area (Å²) in [6.45, 7) is 0. The van der Waals surface area contributed by atoms with E-state index in [9.17, 15) is 0 Å². The van der Waals surface area contributed by atoms with Gasteiger partial charge in [-0.2, -0.15) is 0 Å². The van der Waals surface area contributed by atoms with Crippen LogP contribution in [0.15, 0.2) is 24.5 Å². The molecule has 0 saturated carbocycles. The molecule has 0 aromatic carbocycles. The Morgan fingerprint density at radius 1 is 1.00 bits per heavy atom. The minimum absolute atomic E-state index is 0.512. The molecule has 1 aromatic heterocycles. The van der Waals surface area contributed by atoms with Crippen LogP contribution >= 0.6 is 49.0 Å². The van der Waals surface area contributed by atoms with Gasteiger partial charge >= 0.3 is 83.8 Å². The maximum absolute atomic E-state index is 5.71. The summed E-state index contributed by atoms with van der Waals surface area (Å²) in [5.41, 5.74) is 0. The molecule has 0 aliphatic heterocycles. The minimum atomic E-state index is -3.64. The summed E-state index contributed by atoms with van der Waals surface area (Å²) in [7, 11) is 0. The Bertz CT molecular complexity index is 245. The fourth-order valence-electron chi connectivity index (χ4n) is 0.569. The van der Waals surface area contributed by atoms with Crippen LogP contribution in [0.3, 0.4) is 0 Å². The molecule has 0 aliphatic carbocycles. The van der Waals surface area contributed by atoms with Crippen molar-refractivity contribution in [3.63, 3.8) is 0 Å². The van der Waals surface area contributed by atoms with Crippen LogP contribution in [0.25, 0.3) is 0 Å². The van der Waals surface area contributed by atoms with Gasteiger partial charge in [0.1, 0.15) is 0 Å². The molecule has 1 heterocycles. The molecular formula is C5H4Cl4NP. The van der Waals surface area contributed by atoms with Crippen molar-refractivity contribution in [2.45, 2.75) is 0 Å². The Hall–Kier alpha value is 0.740. The van der Waals surface area contributed by atoms with Crippen LogP contribution in [-0.2, 0) is 0 Å². The number of rotatable bonds is 1. The van der Waals surface area contributed by atoms with Crippen LogP contribution in [-0.4, -0.2) is 4.98 Å². The summed E-state index contributed by atoms with van der Waals surface area (Å²) >= 11 is 22.9. The monoisotopic (exact) mass is 249 g/mol. The van der Waals surface area contributed by atoms with E-state index < -0.39 is 4.01 Å². The average Bonchev–Trinajstić information content (AvgIpc) is 1.86. The van der Waals surface area contributed by atoms with E-state index in [1.54, 1.807) is 12.1 Å². The number of hydrogen-bond acceptors (Lipinski definition) is 1. The first-order valence-electron chi connectivity index (χ1n) is 2.66. The van der Waals surface area contributed by atoms with Crippen LogP contribution in [0.4, 0.5) is 0 Å². The predicted octanol–water partition coefficient (Wildman–Crippen LogP) is 3.88. The molecule has 62 valence electrons. The second kappa shape index (κ2) is 2.90. The van der Waals surface area contributed by atoms with Gasteiger partial charge in [-0.3, -0.25) is 0 Å². The van der Waals surface area contributed by atoms with Crippen molar-refractivity contribution in [3.8, 4) is 0 Å². The van der Waals surface area contributed by atoms with Gasteiger partial charge in [0, 0.05) is 0 Å². The van der Waals surface area contributed by atoms with Gasteiger partial charge in [-0.1, -0.05) is 0 Å². The van der Waals surface area contributed by atoms with E-state index in [4.69, 9.17) is 45.0 Å². The normalized spacial score (nSPS) is 15.5. The van der Waals surface area contributed by atoms with Crippen molar-refractivity contribution in [2.75, 3.05) is 0 Å². The van der Waals surface area contributed by atoms with Crippen LogP contribution in [0.1, 0.15) is 0 Å². The van der Waals surface area contributed by atoms with Crippen LogP contribution in [0.2, 0.25) is 0 Å². The molecule has 1 rings (SSSR count). The van der Waals surface area contributed by atoms with Gasteiger partial charge in [0.05, 0.1) is 0 Å². The van der Waals surface area contributed by atoms with Gasteiger partial charge < -0.3 is 0 Å². The molecular weight excluding hydrogens is 247 g/mol. The zero-order valence-corrected chi connectivity index (χ0v) is 9.13. The molecule has 0 fully saturated rings. The van der Waals surface area contributed by atoms with E-state index in [-0.39, 0.29) is 0 Å². The topological polar surface area (TPSA) is 12.9 Å². The molecule has 0 bridgehead atoms. The standard InChI is InChI=1S/C5H4Cl4NP/c6-11(7,8,9)5-1-3-10-4-2-5/h1-4H. The summed E-state index contributed by atoms with van der Waals surface area (Å²) in [6, 6.07) is 3.19. The van der Waals surface area contributed by atoms with E-state index in [2.05, 4.69) is 4.98 Å². The summed E-state index contributed by atoms with van der Waals surface area (Å²) in [5.74, 6) is 0. The van der Waals surface area contributed by atoms with Crippen molar-refractivity contribution < 1.29 is 0 Å². The third kappa shape index (κ3) is 2.93. The van der Waals surface area contributed by atoms with E-state index in [0.717, 1.165) is 0 Å². The maximum atomic E-state index is 5.71. The zero-order chi connectivity index (χ0) is 8.56. The van der Waals surface area contributed by atoms with Crippen molar-refractivity contribution in [2.24, 2.45) is 0 Å². The van der Waals surface area contributed by atoms with E-state index in [1.165, 1.54) is 12.4 Å². The molecule has 1 nitrogen and oxygen atoms in total. The van der Waals surface area contributed by atoms with Gasteiger partial charge in [0.2, 0.25) is 0 Å². The third-order valence-corrected chi connectivity index (χ3v) is 4.47. The summed E-state index contributed by atoms with van der Waals surface area (Å²) < 4.78 is -3.64. The number of aromatic nitrogens is 1. The number of pyridine rings is 1. The number of nitrogens with zero attached hydrogens (tertiary/aromatic N) is 1. The molecule has 6 heteroatoms. The van der Waals surface area contributed by atoms with E-state index in [1.807, 2.05) is 0 Å². The van der Waals surface area contributed by atoms with E-state index >= 15 is 0 Å². The average molecular weight is 251 g/mol. The molecule has 11 heavy (non-hydrogen) atoms. The van der Waals surface area contributed by atoms with Crippen LogP contribution in [0, 0.1) is 0 Å². The Balaban J connectivity index is 3.14.